The summed E-state index contributed by atoms with van der Waals surface area (Å²) in [7, 11) is 3.05. The van der Waals surface area contributed by atoms with Crippen LogP contribution in [0.25, 0.3) is 11.3 Å². The fourth-order valence-electron chi connectivity index (χ4n) is 3.13. The van der Waals surface area contributed by atoms with Gasteiger partial charge >= 0.3 is 5.69 Å². The molecule has 0 radical (unpaired) electrons. The number of aromatic nitrogens is 5. The fourth-order valence-corrected chi connectivity index (χ4v) is 3.13. The molecule has 8 nitrogen and oxygen atoms in total. The molecule has 0 bridgehead atoms. The molecule has 1 atom stereocenters. The van der Waals surface area contributed by atoms with Crippen LogP contribution in [-0.4, -0.2) is 30.7 Å². The van der Waals surface area contributed by atoms with Crippen LogP contribution in [0, 0.1) is 0 Å². The standard InChI is InChI=1S/C17H17N5O3/c1-20-8-12(16(23)21(2)17(20)24)15-14-10-25-9-13(22(14)19-18-15)11-6-4-3-5-7-11/h3-8,13H,9-10H2,1-2H3. The third kappa shape index (κ3) is 2.42. The molecule has 128 valence electrons. The average Bonchev–Trinajstić information content (AvgIpc) is 3.07. The predicted molar refractivity (Wildman–Crippen MR) is 90.2 cm³/mol. The minimum Gasteiger partial charge on any atom is -0.372 e. The van der Waals surface area contributed by atoms with Crippen LogP contribution in [0.15, 0.2) is 46.1 Å². The van der Waals surface area contributed by atoms with Gasteiger partial charge in [-0.05, 0) is 5.56 Å². The van der Waals surface area contributed by atoms with Gasteiger partial charge in [-0.15, -0.1) is 5.10 Å². The van der Waals surface area contributed by atoms with Gasteiger partial charge in [-0.2, -0.15) is 0 Å². The van der Waals surface area contributed by atoms with Gasteiger partial charge in [0, 0.05) is 20.3 Å². The zero-order valence-corrected chi connectivity index (χ0v) is 13.9. The van der Waals surface area contributed by atoms with E-state index in [1.807, 2.05) is 30.3 Å². The number of aryl methyl sites for hydroxylation is 1. The lowest BCUT2D eigenvalue weighted by Gasteiger charge is -2.24. The maximum Gasteiger partial charge on any atom is 0.330 e. The molecule has 8 heteroatoms. The van der Waals surface area contributed by atoms with Gasteiger partial charge in [0.05, 0.1) is 24.5 Å². The Hall–Kier alpha value is -3.00. The van der Waals surface area contributed by atoms with Crippen molar-refractivity contribution in [2.45, 2.75) is 12.6 Å². The molecule has 0 aliphatic carbocycles. The molecule has 3 heterocycles. The number of nitrogens with zero attached hydrogens (tertiary/aromatic N) is 5. The van der Waals surface area contributed by atoms with E-state index in [1.165, 1.54) is 17.8 Å². The monoisotopic (exact) mass is 339 g/mol. The highest BCUT2D eigenvalue weighted by Gasteiger charge is 2.28. The van der Waals surface area contributed by atoms with Gasteiger partial charge in [0.25, 0.3) is 5.56 Å². The maximum atomic E-state index is 12.5. The second kappa shape index (κ2) is 5.82. The molecule has 2 aromatic heterocycles. The van der Waals surface area contributed by atoms with E-state index in [-0.39, 0.29) is 11.7 Å². The van der Waals surface area contributed by atoms with E-state index in [0.29, 0.717) is 24.5 Å². The Labute approximate surface area is 142 Å². The molecular formula is C17H17N5O3. The van der Waals surface area contributed by atoms with E-state index in [0.717, 1.165) is 15.8 Å². The molecule has 4 rings (SSSR count). The molecule has 1 aliphatic heterocycles. The second-order valence-electron chi connectivity index (χ2n) is 6.07. The molecule has 0 spiro atoms. The number of benzene rings is 1. The molecule has 25 heavy (non-hydrogen) atoms. The quantitative estimate of drug-likeness (QED) is 0.677. The summed E-state index contributed by atoms with van der Waals surface area (Å²) in [6.45, 7) is 0.808. The van der Waals surface area contributed by atoms with Crippen molar-refractivity contribution in [3.8, 4) is 11.3 Å². The Bertz CT molecular complexity index is 1050. The zero-order valence-electron chi connectivity index (χ0n) is 13.9. The first-order valence-corrected chi connectivity index (χ1v) is 7.91. The van der Waals surface area contributed by atoms with Crippen LogP contribution >= 0.6 is 0 Å². The van der Waals surface area contributed by atoms with Crippen molar-refractivity contribution >= 4 is 0 Å². The minimum absolute atomic E-state index is 0.0948. The summed E-state index contributed by atoms with van der Waals surface area (Å²) in [5, 5.41) is 8.49. The molecule has 1 aliphatic rings. The summed E-state index contributed by atoms with van der Waals surface area (Å²) in [5.41, 5.74) is 1.81. The molecule has 0 saturated heterocycles. The van der Waals surface area contributed by atoms with Crippen LogP contribution in [0.4, 0.5) is 0 Å². The largest absolute Gasteiger partial charge is 0.372 e. The molecule has 1 unspecified atom stereocenters. The first-order valence-electron chi connectivity index (χ1n) is 7.91. The summed E-state index contributed by atoms with van der Waals surface area (Å²) in [6, 6.07) is 9.80. The lowest BCUT2D eigenvalue weighted by Crippen LogP contribution is -2.37. The van der Waals surface area contributed by atoms with Crippen LogP contribution in [-0.2, 0) is 25.4 Å². The maximum absolute atomic E-state index is 12.5. The van der Waals surface area contributed by atoms with Crippen molar-refractivity contribution in [1.29, 1.82) is 0 Å². The zero-order chi connectivity index (χ0) is 17.6. The van der Waals surface area contributed by atoms with Crippen LogP contribution in [0.1, 0.15) is 17.3 Å². The third-order valence-corrected chi connectivity index (χ3v) is 4.49. The van der Waals surface area contributed by atoms with E-state index >= 15 is 0 Å². The molecule has 0 amide bonds. The average molecular weight is 339 g/mol. The number of hydrogen-bond acceptors (Lipinski definition) is 5. The number of rotatable bonds is 2. The molecular weight excluding hydrogens is 322 g/mol. The van der Waals surface area contributed by atoms with E-state index in [1.54, 1.807) is 11.7 Å². The SMILES string of the molecule is Cn1cc(-c2nnn3c2COCC3c2ccccc2)c(=O)n(C)c1=O. The first kappa shape index (κ1) is 15.5. The minimum atomic E-state index is -0.395. The summed E-state index contributed by atoms with van der Waals surface area (Å²) < 4.78 is 9.96. The molecule has 1 aromatic carbocycles. The van der Waals surface area contributed by atoms with Gasteiger partial charge in [-0.25, -0.2) is 9.48 Å². The Kier molecular flexibility index (Phi) is 3.61. The Morgan fingerprint density at radius 2 is 1.92 bits per heavy atom. The number of ether oxygens (including phenoxy) is 1. The summed E-state index contributed by atoms with van der Waals surface area (Å²) in [4.78, 5) is 24.4. The smallest absolute Gasteiger partial charge is 0.330 e. The van der Waals surface area contributed by atoms with E-state index in [9.17, 15) is 9.59 Å². The topological polar surface area (TPSA) is 83.9 Å². The normalized spacial score (nSPS) is 16.6. The molecule has 0 saturated carbocycles. The Morgan fingerprint density at radius 1 is 1.16 bits per heavy atom. The predicted octanol–water partition coefficient (Wildman–Crippen LogP) is 0.462. The third-order valence-electron chi connectivity index (χ3n) is 4.49. The lowest BCUT2D eigenvalue weighted by molar-refractivity contribution is 0.0638. The highest BCUT2D eigenvalue weighted by Crippen LogP contribution is 2.28. The lowest BCUT2D eigenvalue weighted by atomic mass is 10.1. The van der Waals surface area contributed by atoms with Crippen LogP contribution < -0.4 is 11.2 Å². The number of hydrogen-bond donors (Lipinski definition) is 0. The van der Waals surface area contributed by atoms with Gasteiger partial charge in [-0.1, -0.05) is 35.5 Å². The van der Waals surface area contributed by atoms with Crippen LogP contribution in [0.3, 0.4) is 0 Å². The summed E-state index contributed by atoms with van der Waals surface area (Å²) in [5.74, 6) is 0. The van der Waals surface area contributed by atoms with Crippen molar-refractivity contribution in [1.82, 2.24) is 24.1 Å². The van der Waals surface area contributed by atoms with Gasteiger partial charge in [0.1, 0.15) is 11.7 Å². The van der Waals surface area contributed by atoms with E-state index in [2.05, 4.69) is 10.3 Å². The van der Waals surface area contributed by atoms with Gasteiger partial charge < -0.3 is 9.30 Å². The van der Waals surface area contributed by atoms with Gasteiger partial charge in [-0.3, -0.25) is 9.36 Å². The van der Waals surface area contributed by atoms with E-state index < -0.39 is 5.56 Å². The fraction of sp³-hybridized carbons (Fsp3) is 0.294. The Morgan fingerprint density at radius 3 is 2.68 bits per heavy atom. The molecule has 3 aromatic rings. The number of fused-ring (bicyclic) bond motifs is 1. The first-order chi connectivity index (χ1) is 12.1. The van der Waals surface area contributed by atoms with Crippen molar-refractivity contribution < 1.29 is 4.74 Å². The molecule has 0 N–H and O–H groups in total. The van der Waals surface area contributed by atoms with Crippen molar-refractivity contribution in [3.63, 3.8) is 0 Å². The van der Waals surface area contributed by atoms with Gasteiger partial charge in [0.15, 0.2) is 0 Å². The van der Waals surface area contributed by atoms with Crippen LogP contribution in [0.2, 0.25) is 0 Å². The highest BCUT2D eigenvalue weighted by molar-refractivity contribution is 5.59. The van der Waals surface area contributed by atoms with Crippen molar-refractivity contribution in [2.24, 2.45) is 14.1 Å². The van der Waals surface area contributed by atoms with Crippen molar-refractivity contribution in [3.05, 3.63) is 68.6 Å². The second-order valence-corrected chi connectivity index (χ2v) is 6.07. The summed E-state index contributed by atoms with van der Waals surface area (Å²) in [6.07, 6.45) is 1.50. The Balaban J connectivity index is 1.87. The van der Waals surface area contributed by atoms with Crippen molar-refractivity contribution in [2.75, 3.05) is 6.61 Å². The highest BCUT2D eigenvalue weighted by atomic mass is 16.5. The van der Waals surface area contributed by atoms with E-state index in [4.69, 9.17) is 4.74 Å². The summed E-state index contributed by atoms with van der Waals surface area (Å²) >= 11 is 0. The van der Waals surface area contributed by atoms with Crippen LogP contribution in [0.5, 0.6) is 0 Å². The molecule has 0 fully saturated rings. The van der Waals surface area contributed by atoms with Gasteiger partial charge in [0.2, 0.25) is 0 Å².